The number of allylic oxidation sites excluding steroid dienone is 3. The van der Waals surface area contributed by atoms with Crippen molar-refractivity contribution in [2.75, 3.05) is 13.7 Å². The number of rotatable bonds is 10. The van der Waals surface area contributed by atoms with Gasteiger partial charge in [0, 0.05) is 74.3 Å². The monoisotopic (exact) mass is 650 g/mol. The Bertz CT molecular complexity index is 1960. The SMILES string of the molecule is C=Cc1c2[nH]c(c1C)/C=C1\N/C(=C(/CC(=O)OC)c3cc(C)c([nH]3)/C=c3\[nH]/c(c(C)c3CC)=C\2)[C@@H](CCC(=O)OC/C=C(\C)CC)[C@@H]1C. The molecule has 5 heterocycles. The minimum Gasteiger partial charge on any atom is -0.469 e. The third kappa shape index (κ3) is 6.93. The highest BCUT2D eigenvalue weighted by Crippen LogP contribution is 2.42. The predicted octanol–water partition coefficient (Wildman–Crippen LogP) is 6.62. The van der Waals surface area contributed by atoms with Crippen molar-refractivity contribution in [1.82, 2.24) is 20.3 Å². The minimum atomic E-state index is -0.332. The minimum absolute atomic E-state index is 0.0302. The van der Waals surface area contributed by atoms with Gasteiger partial charge in [-0.15, -0.1) is 0 Å². The van der Waals surface area contributed by atoms with Crippen molar-refractivity contribution in [2.24, 2.45) is 11.8 Å². The molecule has 2 aliphatic rings. The molecule has 1 fully saturated rings. The predicted molar refractivity (Wildman–Crippen MR) is 194 cm³/mol. The zero-order valence-electron chi connectivity index (χ0n) is 29.7. The van der Waals surface area contributed by atoms with Crippen molar-refractivity contribution in [2.45, 2.75) is 80.6 Å². The van der Waals surface area contributed by atoms with E-state index in [1.807, 2.05) is 19.1 Å². The van der Waals surface area contributed by atoms with E-state index in [2.05, 4.69) is 92.7 Å². The lowest BCUT2D eigenvalue weighted by atomic mass is 9.86. The Balaban J connectivity index is 1.71. The van der Waals surface area contributed by atoms with Crippen LogP contribution in [0.5, 0.6) is 0 Å². The highest BCUT2D eigenvalue weighted by molar-refractivity contribution is 5.87. The summed E-state index contributed by atoms with van der Waals surface area (Å²) in [5.41, 5.74) is 13.4. The number of aromatic nitrogens is 3. The molecule has 0 amide bonds. The van der Waals surface area contributed by atoms with Crippen LogP contribution in [0.2, 0.25) is 0 Å². The molecule has 3 aromatic rings. The highest BCUT2D eigenvalue weighted by atomic mass is 16.5. The summed E-state index contributed by atoms with van der Waals surface area (Å²) in [6.07, 6.45) is 13.0. The van der Waals surface area contributed by atoms with Crippen molar-refractivity contribution in [3.63, 3.8) is 0 Å². The van der Waals surface area contributed by atoms with Crippen LogP contribution in [0, 0.1) is 32.6 Å². The highest BCUT2D eigenvalue weighted by Gasteiger charge is 2.36. The Morgan fingerprint density at radius 3 is 2.40 bits per heavy atom. The van der Waals surface area contributed by atoms with Gasteiger partial charge in [-0.1, -0.05) is 39.0 Å². The number of aryl methyl sites for hydroxylation is 1. The summed E-state index contributed by atoms with van der Waals surface area (Å²) in [4.78, 5) is 36.8. The third-order valence-electron chi connectivity index (χ3n) is 10.1. The number of ether oxygens (including phenoxy) is 2. The summed E-state index contributed by atoms with van der Waals surface area (Å²) < 4.78 is 10.8. The van der Waals surface area contributed by atoms with E-state index in [-0.39, 0.29) is 43.2 Å². The van der Waals surface area contributed by atoms with Gasteiger partial charge >= 0.3 is 11.9 Å². The molecule has 0 saturated carbocycles. The molecule has 0 unspecified atom stereocenters. The zero-order valence-corrected chi connectivity index (χ0v) is 29.7. The van der Waals surface area contributed by atoms with Crippen LogP contribution in [-0.2, 0) is 25.5 Å². The van der Waals surface area contributed by atoms with Gasteiger partial charge in [0.2, 0.25) is 0 Å². The van der Waals surface area contributed by atoms with Crippen molar-refractivity contribution < 1.29 is 19.1 Å². The molecule has 5 rings (SSSR count). The van der Waals surface area contributed by atoms with Crippen LogP contribution in [0.25, 0.3) is 29.9 Å². The zero-order chi connectivity index (χ0) is 34.7. The first kappa shape index (κ1) is 34.6. The number of nitrogens with one attached hydrogen (secondary N) is 4. The van der Waals surface area contributed by atoms with E-state index in [9.17, 15) is 9.59 Å². The van der Waals surface area contributed by atoms with Gasteiger partial charge in [0.05, 0.1) is 13.5 Å². The van der Waals surface area contributed by atoms with Crippen LogP contribution < -0.4 is 16.0 Å². The molecule has 0 aromatic carbocycles. The summed E-state index contributed by atoms with van der Waals surface area (Å²) in [5.74, 6) is -0.602. The van der Waals surface area contributed by atoms with Gasteiger partial charge in [0.25, 0.3) is 0 Å². The molecule has 0 spiro atoms. The molecular formula is C40H50N4O4. The average Bonchev–Trinajstić information content (AvgIpc) is 3.76. The van der Waals surface area contributed by atoms with Crippen LogP contribution in [0.4, 0.5) is 0 Å². The van der Waals surface area contributed by atoms with Crippen molar-refractivity contribution in [3.8, 4) is 0 Å². The second kappa shape index (κ2) is 14.6. The van der Waals surface area contributed by atoms with E-state index < -0.39 is 0 Å². The maximum absolute atomic E-state index is 12.9. The first-order valence-corrected chi connectivity index (χ1v) is 17.0. The number of hydrogen-bond donors (Lipinski definition) is 4. The largest absolute Gasteiger partial charge is 0.469 e. The van der Waals surface area contributed by atoms with E-state index in [1.165, 1.54) is 23.8 Å². The van der Waals surface area contributed by atoms with Gasteiger partial charge in [-0.2, -0.15) is 0 Å². The Kier molecular flexibility index (Phi) is 10.5. The summed E-state index contributed by atoms with van der Waals surface area (Å²) in [7, 11) is 1.41. The Hall–Kier alpha value is -4.72. The molecule has 48 heavy (non-hydrogen) atoms. The molecule has 8 bridgehead atoms. The summed E-state index contributed by atoms with van der Waals surface area (Å²) in [6, 6.07) is 2.10. The number of methoxy groups -OCH3 is 1. The van der Waals surface area contributed by atoms with Crippen LogP contribution in [0.15, 0.2) is 35.7 Å². The Morgan fingerprint density at radius 1 is 0.958 bits per heavy atom. The fourth-order valence-corrected chi connectivity index (χ4v) is 6.92. The molecular weight excluding hydrogens is 600 g/mol. The number of hydrogen-bond acceptors (Lipinski definition) is 5. The standard InChI is InChI=1S/C40H50N4O4/c1-10-22(4)15-16-48-38(45)14-13-29-26(8)34-20-32-24(6)28(12-3)37(42-32)21-33-25(7)27(11-2)36(43-33)19-31-23(5)17-35(41-31)30(40(29)44-34)18-39(46)47-9/h12,15,17,19-21,26,29,41-44H,3,10-11,13-14,16,18H2,1-2,4-9H3/b22-15+,33-21-,34-20-,36-19-,40-30-/t26-,29-/m0/s1. The van der Waals surface area contributed by atoms with Gasteiger partial charge in [-0.05, 0) is 99.6 Å². The lowest BCUT2D eigenvalue weighted by molar-refractivity contribution is -0.143. The second-order valence-electron chi connectivity index (χ2n) is 13.1. The van der Waals surface area contributed by atoms with E-state index in [0.717, 1.165) is 80.0 Å². The van der Waals surface area contributed by atoms with Crippen LogP contribution in [0.1, 0.15) is 104 Å². The average molecular weight is 651 g/mol. The van der Waals surface area contributed by atoms with Crippen molar-refractivity contribution >= 4 is 41.8 Å². The molecule has 8 nitrogen and oxygen atoms in total. The van der Waals surface area contributed by atoms with Gasteiger partial charge < -0.3 is 29.7 Å². The van der Waals surface area contributed by atoms with E-state index >= 15 is 0 Å². The molecule has 1 saturated heterocycles. The topological polar surface area (TPSA) is 112 Å². The number of fused-ring (bicyclic) bond motifs is 8. The summed E-state index contributed by atoms with van der Waals surface area (Å²) >= 11 is 0. The Morgan fingerprint density at radius 2 is 1.71 bits per heavy atom. The lowest BCUT2D eigenvalue weighted by Crippen LogP contribution is -2.16. The number of esters is 2. The molecule has 0 aliphatic carbocycles. The molecule has 3 aromatic heterocycles. The van der Waals surface area contributed by atoms with Gasteiger partial charge in [0.15, 0.2) is 0 Å². The van der Waals surface area contributed by atoms with Gasteiger partial charge in [-0.3, -0.25) is 9.59 Å². The van der Waals surface area contributed by atoms with E-state index in [1.54, 1.807) is 0 Å². The normalized spacial score (nSPS) is 21.3. The third-order valence-corrected chi connectivity index (χ3v) is 10.1. The smallest absolute Gasteiger partial charge is 0.310 e. The van der Waals surface area contributed by atoms with Crippen molar-refractivity contribution in [1.29, 1.82) is 0 Å². The fourth-order valence-electron chi connectivity index (χ4n) is 6.92. The quantitative estimate of drug-likeness (QED) is 0.146. The number of H-pyrrole nitrogens is 3. The molecule has 4 N–H and O–H groups in total. The van der Waals surface area contributed by atoms with Crippen LogP contribution in [0.3, 0.4) is 0 Å². The number of carbonyl (C=O) groups excluding carboxylic acids is 2. The van der Waals surface area contributed by atoms with Gasteiger partial charge in [-0.25, -0.2) is 0 Å². The summed E-state index contributed by atoms with van der Waals surface area (Å²) in [6.45, 7) is 19.2. The van der Waals surface area contributed by atoms with Crippen molar-refractivity contribution in [3.05, 3.63) is 97.0 Å². The van der Waals surface area contributed by atoms with Gasteiger partial charge in [0.1, 0.15) is 6.61 Å². The number of aromatic amines is 3. The first-order valence-electron chi connectivity index (χ1n) is 17.0. The fraction of sp³-hybridized carbons (Fsp3) is 0.400. The lowest BCUT2D eigenvalue weighted by Gasteiger charge is -2.18. The molecule has 0 radical (unpaired) electrons. The molecule has 2 atom stereocenters. The maximum atomic E-state index is 12.9. The van der Waals surface area contributed by atoms with Crippen LogP contribution in [-0.4, -0.2) is 40.6 Å². The second-order valence-corrected chi connectivity index (χ2v) is 13.1. The Labute approximate surface area is 283 Å². The first-order chi connectivity index (χ1) is 23.0. The molecule has 254 valence electrons. The summed E-state index contributed by atoms with van der Waals surface area (Å²) in [5, 5.41) is 5.83. The maximum Gasteiger partial charge on any atom is 0.310 e. The number of carbonyl (C=O) groups is 2. The molecule has 8 heteroatoms. The van der Waals surface area contributed by atoms with E-state index in [4.69, 9.17) is 9.47 Å². The van der Waals surface area contributed by atoms with E-state index in [0.29, 0.717) is 6.42 Å². The molecule has 2 aliphatic heterocycles. The van der Waals surface area contributed by atoms with Crippen LogP contribution >= 0.6 is 0 Å².